The van der Waals surface area contributed by atoms with Gasteiger partial charge in [-0.25, -0.2) is 27.0 Å². The fraction of sp³-hybridized carbons (Fsp3) is 0.300. The molecule has 150 valence electrons. The van der Waals surface area contributed by atoms with E-state index < -0.39 is 10.0 Å². The molecular weight excluding hydrogens is 388 g/mol. The van der Waals surface area contributed by atoms with E-state index >= 15 is 0 Å². The predicted octanol–water partition coefficient (Wildman–Crippen LogP) is 2.21. The lowest BCUT2D eigenvalue weighted by molar-refractivity contribution is 0.552. The number of hydrogen-bond acceptors (Lipinski definition) is 6. The first kappa shape index (κ1) is 18.1. The Bertz CT molecular complexity index is 1310. The van der Waals surface area contributed by atoms with Crippen LogP contribution in [0.1, 0.15) is 18.9 Å². The van der Waals surface area contributed by atoms with E-state index in [2.05, 4.69) is 27.2 Å². The van der Waals surface area contributed by atoms with Gasteiger partial charge in [-0.2, -0.15) is 0 Å². The molecule has 1 fully saturated rings. The number of fused-ring (bicyclic) bond motifs is 3. The third-order valence-corrected chi connectivity index (χ3v) is 7.25. The molecule has 0 radical (unpaired) electrons. The summed E-state index contributed by atoms with van der Waals surface area (Å²) in [7, 11) is -3.74. The summed E-state index contributed by atoms with van der Waals surface area (Å²) in [5.74, 6) is 0. The molecule has 8 nitrogen and oxygen atoms in total. The van der Waals surface area contributed by atoms with E-state index in [1.807, 2.05) is 11.6 Å². The number of pyridine rings is 1. The number of nitrogens with one attached hydrogen (secondary N) is 1. The minimum Gasteiger partial charge on any atom is -0.297 e. The molecule has 0 aliphatic carbocycles. The Morgan fingerprint density at radius 2 is 1.97 bits per heavy atom. The van der Waals surface area contributed by atoms with E-state index in [4.69, 9.17) is 0 Å². The highest BCUT2D eigenvalue weighted by Crippen LogP contribution is 2.28. The SMILES string of the molecule is CC[C@@H]1CNCN1n1cnc2cnc3c(ccn3S(=O)(=O)c3ccc(C)cc3)c21. The number of nitrogens with zero attached hydrogens (tertiary/aromatic N) is 5. The fourth-order valence-corrected chi connectivity index (χ4v) is 5.25. The monoisotopic (exact) mass is 410 g/mol. The molecule has 0 amide bonds. The van der Waals surface area contributed by atoms with Gasteiger partial charge in [-0.05, 0) is 31.5 Å². The van der Waals surface area contributed by atoms with Gasteiger partial charge in [-0.3, -0.25) is 10.3 Å². The summed E-state index contributed by atoms with van der Waals surface area (Å²) in [5, 5.41) is 6.37. The van der Waals surface area contributed by atoms with Crippen LogP contribution < -0.4 is 10.3 Å². The Morgan fingerprint density at radius 1 is 1.17 bits per heavy atom. The zero-order valence-electron chi connectivity index (χ0n) is 16.3. The molecule has 1 atom stereocenters. The number of hydrogen-bond donors (Lipinski definition) is 1. The maximum Gasteiger partial charge on any atom is 0.269 e. The average molecular weight is 411 g/mol. The van der Waals surface area contributed by atoms with Crippen molar-refractivity contribution >= 4 is 32.1 Å². The molecule has 3 aromatic heterocycles. The van der Waals surface area contributed by atoms with Crippen LogP contribution in [0.5, 0.6) is 0 Å². The number of rotatable bonds is 4. The molecule has 1 aromatic carbocycles. The van der Waals surface area contributed by atoms with Crippen molar-refractivity contribution in [3.05, 3.63) is 54.6 Å². The highest BCUT2D eigenvalue weighted by molar-refractivity contribution is 7.90. The van der Waals surface area contributed by atoms with Crippen LogP contribution in [0.3, 0.4) is 0 Å². The lowest BCUT2D eigenvalue weighted by atomic mass is 10.2. The number of aryl methyl sites for hydroxylation is 1. The molecule has 0 saturated carbocycles. The molecule has 4 heterocycles. The topological polar surface area (TPSA) is 85.1 Å². The second-order valence-corrected chi connectivity index (χ2v) is 9.18. The molecule has 4 aromatic rings. The maximum atomic E-state index is 13.2. The van der Waals surface area contributed by atoms with Gasteiger partial charge in [0.2, 0.25) is 0 Å². The normalized spacial score (nSPS) is 17.6. The number of aromatic nitrogens is 4. The first-order valence-electron chi connectivity index (χ1n) is 9.63. The molecule has 1 aliphatic rings. The van der Waals surface area contributed by atoms with E-state index in [9.17, 15) is 8.42 Å². The molecule has 9 heteroatoms. The molecule has 5 rings (SSSR count). The third kappa shape index (κ3) is 2.72. The fourth-order valence-electron chi connectivity index (χ4n) is 3.95. The van der Waals surface area contributed by atoms with E-state index in [1.165, 1.54) is 3.97 Å². The largest absolute Gasteiger partial charge is 0.297 e. The quantitative estimate of drug-likeness (QED) is 0.555. The van der Waals surface area contributed by atoms with Crippen LogP contribution in [0.4, 0.5) is 0 Å². The number of benzene rings is 1. The first-order valence-corrected chi connectivity index (χ1v) is 11.1. The average Bonchev–Trinajstić information content (AvgIpc) is 3.44. The van der Waals surface area contributed by atoms with Crippen molar-refractivity contribution < 1.29 is 8.42 Å². The Balaban J connectivity index is 1.70. The molecule has 1 N–H and O–H groups in total. The van der Waals surface area contributed by atoms with E-state index in [-0.39, 0.29) is 4.90 Å². The first-order chi connectivity index (χ1) is 14.0. The lowest BCUT2D eigenvalue weighted by Crippen LogP contribution is -2.39. The summed E-state index contributed by atoms with van der Waals surface area (Å²) < 4.78 is 29.7. The Morgan fingerprint density at radius 3 is 2.72 bits per heavy atom. The maximum absolute atomic E-state index is 13.2. The van der Waals surface area contributed by atoms with Gasteiger partial charge in [0, 0.05) is 18.1 Å². The van der Waals surface area contributed by atoms with Gasteiger partial charge >= 0.3 is 0 Å². The van der Waals surface area contributed by atoms with Crippen molar-refractivity contribution in [1.82, 2.24) is 23.9 Å². The predicted molar refractivity (Wildman–Crippen MR) is 112 cm³/mol. The molecule has 0 unspecified atom stereocenters. The minimum absolute atomic E-state index is 0.241. The molecule has 0 spiro atoms. The van der Waals surface area contributed by atoms with Gasteiger partial charge in [0.05, 0.1) is 23.8 Å². The Kier molecular flexibility index (Phi) is 4.11. The van der Waals surface area contributed by atoms with Crippen molar-refractivity contribution in [3.8, 4) is 0 Å². The summed E-state index contributed by atoms with van der Waals surface area (Å²) in [4.78, 5) is 9.17. The van der Waals surface area contributed by atoms with E-state index in [0.717, 1.165) is 41.6 Å². The van der Waals surface area contributed by atoms with Crippen LogP contribution in [0.25, 0.3) is 22.1 Å². The van der Waals surface area contributed by atoms with Gasteiger partial charge < -0.3 is 0 Å². The smallest absolute Gasteiger partial charge is 0.269 e. The summed E-state index contributed by atoms with van der Waals surface area (Å²) in [5.41, 5.74) is 3.02. The minimum atomic E-state index is -3.74. The molecule has 29 heavy (non-hydrogen) atoms. The van der Waals surface area contributed by atoms with Gasteiger partial charge in [-0.15, -0.1) is 0 Å². The van der Waals surface area contributed by atoms with E-state index in [0.29, 0.717) is 11.7 Å². The molecular formula is C20H22N6O2S. The highest BCUT2D eigenvalue weighted by atomic mass is 32.2. The van der Waals surface area contributed by atoms with Crippen LogP contribution in [0, 0.1) is 6.92 Å². The van der Waals surface area contributed by atoms with Gasteiger partial charge in [0.25, 0.3) is 10.0 Å². The highest BCUT2D eigenvalue weighted by Gasteiger charge is 2.26. The van der Waals surface area contributed by atoms with Crippen LogP contribution in [0.2, 0.25) is 0 Å². The standard InChI is InChI=1S/C20H22N6O2S/c1-3-15-10-21-12-24(15)25-13-23-18-11-22-20-17(19(18)25)8-9-26(20)29(27,28)16-6-4-14(2)5-7-16/h4-9,11,13,15,21H,3,10,12H2,1-2H3/t15-/m1/s1. The lowest BCUT2D eigenvalue weighted by Gasteiger charge is -2.26. The summed E-state index contributed by atoms with van der Waals surface area (Å²) in [6.45, 7) is 5.71. The van der Waals surface area contributed by atoms with Gasteiger partial charge in [-0.1, -0.05) is 24.6 Å². The van der Waals surface area contributed by atoms with Crippen molar-refractivity contribution in [2.24, 2.45) is 0 Å². The summed E-state index contributed by atoms with van der Waals surface area (Å²) in [6.07, 6.45) is 6.00. The van der Waals surface area contributed by atoms with Crippen LogP contribution >= 0.6 is 0 Å². The summed E-state index contributed by atoms with van der Waals surface area (Å²) in [6, 6.07) is 9.00. The molecule has 1 aliphatic heterocycles. The molecule has 0 bridgehead atoms. The zero-order chi connectivity index (χ0) is 20.2. The van der Waals surface area contributed by atoms with Crippen molar-refractivity contribution in [2.45, 2.75) is 31.2 Å². The number of imidazole rings is 1. The van der Waals surface area contributed by atoms with Crippen LogP contribution in [-0.2, 0) is 10.0 Å². The van der Waals surface area contributed by atoms with E-state index in [1.54, 1.807) is 49.1 Å². The van der Waals surface area contributed by atoms with Crippen molar-refractivity contribution in [3.63, 3.8) is 0 Å². The summed E-state index contributed by atoms with van der Waals surface area (Å²) >= 11 is 0. The van der Waals surface area contributed by atoms with Crippen LogP contribution in [-0.4, -0.2) is 46.3 Å². The van der Waals surface area contributed by atoms with Crippen molar-refractivity contribution in [1.29, 1.82) is 0 Å². The van der Waals surface area contributed by atoms with Gasteiger partial charge in [0.15, 0.2) is 5.65 Å². The zero-order valence-corrected chi connectivity index (χ0v) is 17.1. The van der Waals surface area contributed by atoms with Crippen LogP contribution in [0.15, 0.2) is 53.9 Å². The Hall–Kier alpha value is -2.91. The second-order valence-electron chi connectivity index (χ2n) is 7.36. The third-order valence-electron chi connectivity index (χ3n) is 5.57. The Labute approximate surface area is 168 Å². The van der Waals surface area contributed by atoms with Crippen molar-refractivity contribution in [2.75, 3.05) is 18.2 Å². The molecule has 1 saturated heterocycles. The van der Waals surface area contributed by atoms with Gasteiger partial charge in [0.1, 0.15) is 17.4 Å². The second kappa shape index (κ2) is 6.57.